The molecule has 0 aliphatic rings. The number of carbonyl (C=O) groups is 1. The van der Waals surface area contributed by atoms with Crippen LogP contribution < -0.4 is 10.9 Å². The second-order valence-corrected chi connectivity index (χ2v) is 7.52. The van der Waals surface area contributed by atoms with Crippen LogP contribution in [-0.2, 0) is 17.8 Å². The lowest BCUT2D eigenvalue weighted by molar-refractivity contribution is -0.122. The maximum Gasteiger partial charge on any atom is 0.261 e. The van der Waals surface area contributed by atoms with Gasteiger partial charge in [0.05, 0.1) is 17.2 Å². The number of fused-ring (bicyclic) bond motifs is 1. The maximum absolute atomic E-state index is 12.7. The highest BCUT2D eigenvalue weighted by Gasteiger charge is 2.18. The molecule has 0 fully saturated rings. The number of rotatable bonds is 9. The molecule has 0 bridgehead atoms. The van der Waals surface area contributed by atoms with Gasteiger partial charge in [0.25, 0.3) is 5.56 Å². The Balaban J connectivity index is 1.69. The molecule has 1 N–H and O–H groups in total. The quantitative estimate of drug-likeness (QED) is 0.593. The number of hydrogen-bond donors (Lipinski definition) is 1. The Bertz CT molecular complexity index is 1040. The van der Waals surface area contributed by atoms with E-state index < -0.39 is 0 Å². The van der Waals surface area contributed by atoms with Gasteiger partial charge in [-0.05, 0) is 43.6 Å². The van der Waals surface area contributed by atoms with E-state index in [9.17, 15) is 9.59 Å². The molecule has 3 aromatic rings. The molecular formula is C24H30N4O2. The third-order valence-electron chi connectivity index (χ3n) is 5.55. The van der Waals surface area contributed by atoms with Gasteiger partial charge in [-0.1, -0.05) is 56.3 Å². The van der Waals surface area contributed by atoms with Crippen molar-refractivity contribution in [3.63, 3.8) is 0 Å². The summed E-state index contributed by atoms with van der Waals surface area (Å²) < 4.78 is 1.38. The second-order valence-electron chi connectivity index (χ2n) is 7.52. The summed E-state index contributed by atoms with van der Waals surface area (Å²) in [4.78, 5) is 32.1. The lowest BCUT2D eigenvalue weighted by Gasteiger charge is -2.30. The van der Waals surface area contributed by atoms with E-state index in [1.54, 1.807) is 6.07 Å². The van der Waals surface area contributed by atoms with Crippen LogP contribution in [0.2, 0.25) is 0 Å². The number of para-hydroxylation sites is 1. The molecule has 1 heterocycles. The van der Waals surface area contributed by atoms with Crippen LogP contribution in [0.3, 0.4) is 0 Å². The molecule has 1 amide bonds. The number of hydrogen-bond acceptors (Lipinski definition) is 4. The van der Waals surface area contributed by atoms with Gasteiger partial charge in [0.15, 0.2) is 0 Å². The van der Waals surface area contributed by atoms with Crippen LogP contribution in [0, 0.1) is 6.92 Å². The highest BCUT2D eigenvalue weighted by atomic mass is 16.2. The maximum atomic E-state index is 12.7. The van der Waals surface area contributed by atoms with E-state index in [1.165, 1.54) is 16.5 Å². The van der Waals surface area contributed by atoms with Crippen LogP contribution in [-0.4, -0.2) is 46.0 Å². The van der Waals surface area contributed by atoms with Crippen molar-refractivity contribution in [3.8, 4) is 0 Å². The van der Waals surface area contributed by atoms with E-state index >= 15 is 0 Å². The predicted octanol–water partition coefficient (Wildman–Crippen LogP) is 2.77. The fourth-order valence-electron chi connectivity index (χ4n) is 3.85. The summed E-state index contributed by atoms with van der Waals surface area (Å²) in [5.74, 6) is -0.184. The average Bonchev–Trinajstić information content (AvgIpc) is 2.76. The van der Waals surface area contributed by atoms with Crippen molar-refractivity contribution < 1.29 is 4.79 Å². The number of aromatic nitrogens is 2. The van der Waals surface area contributed by atoms with Crippen LogP contribution in [0.5, 0.6) is 0 Å². The molecular weight excluding hydrogens is 376 g/mol. The van der Waals surface area contributed by atoms with Crippen molar-refractivity contribution in [1.29, 1.82) is 0 Å². The van der Waals surface area contributed by atoms with Crippen LogP contribution in [0.1, 0.15) is 25.0 Å². The van der Waals surface area contributed by atoms with Crippen molar-refractivity contribution in [3.05, 3.63) is 76.3 Å². The first-order valence-electron chi connectivity index (χ1n) is 10.5. The fraction of sp³-hybridized carbons (Fsp3) is 0.375. The smallest absolute Gasteiger partial charge is 0.261 e. The minimum Gasteiger partial charge on any atom is -0.353 e. The molecule has 0 spiro atoms. The zero-order chi connectivity index (χ0) is 21.5. The van der Waals surface area contributed by atoms with Crippen molar-refractivity contribution in [1.82, 2.24) is 19.8 Å². The van der Waals surface area contributed by atoms with Gasteiger partial charge < -0.3 is 5.32 Å². The zero-order valence-corrected chi connectivity index (χ0v) is 18.0. The Morgan fingerprint density at radius 2 is 1.83 bits per heavy atom. The van der Waals surface area contributed by atoms with Crippen molar-refractivity contribution in [2.75, 3.05) is 19.6 Å². The van der Waals surface area contributed by atoms with E-state index in [2.05, 4.69) is 41.2 Å². The molecule has 2 aromatic carbocycles. The Morgan fingerprint density at radius 3 is 2.53 bits per heavy atom. The Labute approximate surface area is 177 Å². The van der Waals surface area contributed by atoms with E-state index in [-0.39, 0.29) is 24.1 Å². The summed E-state index contributed by atoms with van der Waals surface area (Å²) in [5, 5.41) is 3.56. The Kier molecular flexibility index (Phi) is 7.36. The molecule has 6 nitrogen and oxygen atoms in total. The molecule has 30 heavy (non-hydrogen) atoms. The van der Waals surface area contributed by atoms with E-state index in [0.29, 0.717) is 17.4 Å². The topological polar surface area (TPSA) is 67.2 Å². The Hall–Kier alpha value is -2.99. The highest BCUT2D eigenvalue weighted by Crippen LogP contribution is 2.11. The van der Waals surface area contributed by atoms with Crippen LogP contribution in [0.4, 0.5) is 0 Å². The van der Waals surface area contributed by atoms with Crippen molar-refractivity contribution in [2.45, 2.75) is 39.8 Å². The Morgan fingerprint density at radius 1 is 1.10 bits per heavy atom. The molecule has 1 aromatic heterocycles. The molecule has 0 aliphatic heterocycles. The van der Waals surface area contributed by atoms with E-state index in [1.807, 2.05) is 37.3 Å². The summed E-state index contributed by atoms with van der Waals surface area (Å²) in [6.07, 6.45) is 2.32. The monoisotopic (exact) mass is 406 g/mol. The van der Waals surface area contributed by atoms with E-state index in [0.717, 1.165) is 25.1 Å². The predicted molar refractivity (Wildman–Crippen MR) is 121 cm³/mol. The molecule has 6 heteroatoms. The number of likely N-dealkylation sites (N-methyl/N-ethyl adjacent to an activating group) is 1. The van der Waals surface area contributed by atoms with Crippen LogP contribution >= 0.6 is 0 Å². The average molecular weight is 407 g/mol. The highest BCUT2D eigenvalue weighted by molar-refractivity contribution is 5.81. The molecule has 0 saturated heterocycles. The van der Waals surface area contributed by atoms with Gasteiger partial charge >= 0.3 is 0 Å². The molecule has 3 rings (SSSR count). The molecule has 1 unspecified atom stereocenters. The minimum atomic E-state index is -0.191. The fourth-order valence-corrected chi connectivity index (χ4v) is 3.85. The summed E-state index contributed by atoms with van der Waals surface area (Å²) >= 11 is 0. The first-order valence-corrected chi connectivity index (χ1v) is 10.5. The van der Waals surface area contributed by atoms with Gasteiger partial charge in [-0.25, -0.2) is 4.98 Å². The number of nitrogens with one attached hydrogen (secondary N) is 1. The van der Waals surface area contributed by atoms with Crippen molar-refractivity contribution >= 4 is 16.8 Å². The van der Waals surface area contributed by atoms with Gasteiger partial charge in [-0.15, -0.1) is 0 Å². The third kappa shape index (κ3) is 5.13. The second kappa shape index (κ2) is 10.2. The summed E-state index contributed by atoms with van der Waals surface area (Å²) in [5.41, 5.74) is 2.69. The summed E-state index contributed by atoms with van der Waals surface area (Å²) in [6, 6.07) is 16.0. The number of carbonyl (C=O) groups excluding carboxylic acids is 1. The van der Waals surface area contributed by atoms with Gasteiger partial charge in [-0.2, -0.15) is 0 Å². The third-order valence-corrected chi connectivity index (χ3v) is 5.55. The van der Waals surface area contributed by atoms with Crippen LogP contribution in [0.25, 0.3) is 10.9 Å². The standard InChI is InChI=1S/C24H30N4O2/c1-4-27(5-2)20(14-19-11-7-6-8-12-19)15-25-22(29)16-28-17-26-23-18(3)10-9-13-21(23)24(28)30/h6-13,17,20H,4-5,14-16H2,1-3H3,(H,25,29). The van der Waals surface area contributed by atoms with Crippen LogP contribution in [0.15, 0.2) is 59.7 Å². The normalized spacial score (nSPS) is 12.3. The van der Waals surface area contributed by atoms with Gasteiger partial charge in [0.1, 0.15) is 6.54 Å². The van der Waals surface area contributed by atoms with Gasteiger partial charge in [0.2, 0.25) is 5.91 Å². The number of aryl methyl sites for hydroxylation is 1. The molecule has 0 aliphatic carbocycles. The minimum absolute atomic E-state index is 0.0357. The summed E-state index contributed by atoms with van der Waals surface area (Å²) in [6.45, 7) is 8.51. The van der Waals surface area contributed by atoms with Gasteiger partial charge in [0, 0.05) is 12.6 Å². The number of benzene rings is 2. The molecule has 1 atom stereocenters. The number of nitrogens with zero attached hydrogens (tertiary/aromatic N) is 3. The lowest BCUT2D eigenvalue weighted by Crippen LogP contribution is -2.46. The largest absolute Gasteiger partial charge is 0.353 e. The number of amides is 1. The molecule has 0 saturated carbocycles. The molecule has 158 valence electrons. The first kappa shape index (κ1) is 21.7. The lowest BCUT2D eigenvalue weighted by atomic mass is 10.0. The SMILES string of the molecule is CCN(CC)C(CNC(=O)Cn1cnc2c(C)cccc2c1=O)Cc1ccccc1. The molecule has 0 radical (unpaired) electrons. The van der Waals surface area contributed by atoms with E-state index in [4.69, 9.17) is 0 Å². The van der Waals surface area contributed by atoms with Gasteiger partial charge in [-0.3, -0.25) is 19.1 Å². The zero-order valence-electron chi connectivity index (χ0n) is 18.0. The summed E-state index contributed by atoms with van der Waals surface area (Å²) in [7, 11) is 0. The van der Waals surface area contributed by atoms with Crippen molar-refractivity contribution in [2.24, 2.45) is 0 Å². The first-order chi connectivity index (χ1) is 14.5.